The van der Waals surface area contributed by atoms with Gasteiger partial charge in [0.15, 0.2) is 11.4 Å². The summed E-state index contributed by atoms with van der Waals surface area (Å²) in [5, 5.41) is 6.31. The topological polar surface area (TPSA) is 73.2 Å². The first-order valence-corrected chi connectivity index (χ1v) is 7.23. The molecule has 4 rings (SSSR count). The second-order valence-corrected chi connectivity index (χ2v) is 5.25. The molecule has 6 nitrogen and oxygen atoms in total. The lowest BCUT2D eigenvalue weighted by Crippen LogP contribution is -2.17. The van der Waals surface area contributed by atoms with Gasteiger partial charge in [-0.1, -0.05) is 17.3 Å². The van der Waals surface area contributed by atoms with Gasteiger partial charge < -0.3 is 18.8 Å². The van der Waals surface area contributed by atoms with Crippen LogP contribution in [-0.2, 0) is 6.54 Å². The molecule has 0 radical (unpaired) electrons. The van der Waals surface area contributed by atoms with Crippen molar-refractivity contribution in [2.45, 2.75) is 6.54 Å². The molecule has 120 valence electrons. The highest BCUT2D eigenvalue weighted by Gasteiger charge is 2.18. The molecule has 3 heterocycles. The van der Waals surface area contributed by atoms with Crippen LogP contribution in [0.1, 0.15) is 16.1 Å². The molecular weight excluding hydrogens is 313 g/mol. The Labute approximate surface area is 135 Å². The number of amides is 1. The van der Waals surface area contributed by atoms with Crippen LogP contribution in [0.5, 0.6) is 0 Å². The molecule has 0 aliphatic rings. The van der Waals surface area contributed by atoms with Crippen molar-refractivity contribution in [3.05, 3.63) is 72.1 Å². The fourth-order valence-corrected chi connectivity index (χ4v) is 2.61. The fraction of sp³-hybridized carbons (Fsp3) is 0.0588. The molecule has 1 aromatic carbocycles. The Kier molecular flexibility index (Phi) is 3.38. The Bertz CT molecular complexity index is 1000. The number of anilines is 1. The van der Waals surface area contributed by atoms with E-state index in [1.54, 1.807) is 41.2 Å². The van der Waals surface area contributed by atoms with Gasteiger partial charge in [-0.05, 0) is 17.7 Å². The van der Waals surface area contributed by atoms with Gasteiger partial charge in [0, 0.05) is 24.7 Å². The molecular formula is C17H12FN3O3. The van der Waals surface area contributed by atoms with E-state index < -0.39 is 0 Å². The third-order valence-corrected chi connectivity index (χ3v) is 3.66. The fourth-order valence-electron chi connectivity index (χ4n) is 2.61. The first kappa shape index (κ1) is 14.3. The van der Waals surface area contributed by atoms with Crippen LogP contribution < -0.4 is 5.32 Å². The summed E-state index contributed by atoms with van der Waals surface area (Å²) in [6.07, 6.45) is 2.92. The third kappa shape index (κ3) is 2.56. The number of nitrogens with one attached hydrogen (secondary N) is 1. The number of furan rings is 1. The monoisotopic (exact) mass is 325 g/mol. The molecule has 4 aromatic rings. The van der Waals surface area contributed by atoms with Crippen molar-refractivity contribution in [2.75, 3.05) is 5.32 Å². The average Bonchev–Trinajstić information content (AvgIpc) is 3.26. The number of halogens is 1. The lowest BCUT2D eigenvalue weighted by Gasteiger charge is -2.10. The van der Waals surface area contributed by atoms with E-state index in [1.165, 1.54) is 18.4 Å². The highest BCUT2D eigenvalue weighted by molar-refractivity contribution is 6.05. The summed E-state index contributed by atoms with van der Waals surface area (Å²) in [6, 6.07) is 11.2. The average molecular weight is 325 g/mol. The van der Waals surface area contributed by atoms with Gasteiger partial charge in [0.05, 0.1) is 11.8 Å². The SMILES string of the molecule is O=C(Nc1ccon1)c1cc2occc2n1Cc1cccc(F)c1. The number of nitrogens with zero attached hydrogens (tertiary/aromatic N) is 2. The summed E-state index contributed by atoms with van der Waals surface area (Å²) in [7, 11) is 0. The number of rotatable bonds is 4. The first-order valence-electron chi connectivity index (χ1n) is 7.23. The van der Waals surface area contributed by atoms with Crippen molar-refractivity contribution in [3.63, 3.8) is 0 Å². The number of benzene rings is 1. The van der Waals surface area contributed by atoms with Crippen LogP contribution in [0.2, 0.25) is 0 Å². The Morgan fingerprint density at radius 1 is 1.21 bits per heavy atom. The van der Waals surface area contributed by atoms with E-state index in [4.69, 9.17) is 8.94 Å². The van der Waals surface area contributed by atoms with E-state index in [1.807, 2.05) is 0 Å². The van der Waals surface area contributed by atoms with Crippen LogP contribution in [0.4, 0.5) is 10.2 Å². The zero-order chi connectivity index (χ0) is 16.5. The molecule has 0 spiro atoms. The minimum Gasteiger partial charge on any atom is -0.463 e. The van der Waals surface area contributed by atoms with E-state index in [9.17, 15) is 9.18 Å². The summed E-state index contributed by atoms with van der Waals surface area (Å²) >= 11 is 0. The number of carbonyl (C=O) groups is 1. The molecule has 0 saturated heterocycles. The van der Waals surface area contributed by atoms with Crippen LogP contribution in [-0.4, -0.2) is 15.6 Å². The van der Waals surface area contributed by atoms with Gasteiger partial charge >= 0.3 is 0 Å². The molecule has 0 saturated carbocycles. The van der Waals surface area contributed by atoms with Crippen molar-refractivity contribution >= 4 is 22.8 Å². The third-order valence-electron chi connectivity index (χ3n) is 3.66. The van der Waals surface area contributed by atoms with Crippen molar-refractivity contribution < 1.29 is 18.1 Å². The van der Waals surface area contributed by atoms with Crippen molar-refractivity contribution in [3.8, 4) is 0 Å². The van der Waals surface area contributed by atoms with Gasteiger partial charge in [-0.25, -0.2) is 4.39 Å². The number of hydrogen-bond donors (Lipinski definition) is 1. The largest absolute Gasteiger partial charge is 0.463 e. The Balaban J connectivity index is 1.72. The summed E-state index contributed by atoms with van der Waals surface area (Å²) < 4.78 is 25.3. The van der Waals surface area contributed by atoms with Gasteiger partial charge in [0.2, 0.25) is 0 Å². The zero-order valence-electron chi connectivity index (χ0n) is 12.4. The summed E-state index contributed by atoms with van der Waals surface area (Å²) in [5.41, 5.74) is 2.46. The second kappa shape index (κ2) is 5.69. The molecule has 0 atom stereocenters. The van der Waals surface area contributed by atoms with Gasteiger partial charge in [-0.3, -0.25) is 4.79 Å². The first-order chi connectivity index (χ1) is 11.7. The normalized spacial score (nSPS) is 11.0. The second-order valence-electron chi connectivity index (χ2n) is 5.25. The maximum Gasteiger partial charge on any atom is 0.273 e. The van der Waals surface area contributed by atoms with Crippen molar-refractivity contribution in [1.29, 1.82) is 0 Å². The molecule has 0 unspecified atom stereocenters. The number of carbonyl (C=O) groups excluding carboxylic acids is 1. The summed E-state index contributed by atoms with van der Waals surface area (Å²) in [5.74, 6) is -0.362. The molecule has 24 heavy (non-hydrogen) atoms. The molecule has 0 fully saturated rings. The molecule has 3 aromatic heterocycles. The molecule has 0 aliphatic carbocycles. The van der Waals surface area contributed by atoms with Crippen LogP contribution >= 0.6 is 0 Å². The Morgan fingerprint density at radius 3 is 2.92 bits per heavy atom. The van der Waals surface area contributed by atoms with Crippen LogP contribution in [0.25, 0.3) is 11.1 Å². The summed E-state index contributed by atoms with van der Waals surface area (Å²) in [6.45, 7) is 0.336. The standard InChI is InChI=1S/C17H12FN3O3/c18-12-3-1-2-11(8-12)10-21-13-4-6-23-15(13)9-14(21)17(22)19-16-5-7-24-20-16/h1-9H,10H2,(H,19,20,22). The Morgan fingerprint density at radius 2 is 2.12 bits per heavy atom. The predicted octanol–water partition coefficient (Wildman–Crippen LogP) is 3.66. The molecule has 7 heteroatoms. The van der Waals surface area contributed by atoms with E-state index >= 15 is 0 Å². The predicted molar refractivity (Wildman–Crippen MR) is 84.2 cm³/mol. The number of aromatic nitrogens is 2. The van der Waals surface area contributed by atoms with Crippen LogP contribution in [0, 0.1) is 5.82 Å². The van der Waals surface area contributed by atoms with E-state index in [0.29, 0.717) is 23.6 Å². The van der Waals surface area contributed by atoms with Gasteiger partial charge in [0.1, 0.15) is 17.8 Å². The quantitative estimate of drug-likeness (QED) is 0.621. The summed E-state index contributed by atoms with van der Waals surface area (Å²) in [4.78, 5) is 12.5. The highest BCUT2D eigenvalue weighted by atomic mass is 19.1. The van der Waals surface area contributed by atoms with Gasteiger partial charge in [0.25, 0.3) is 5.91 Å². The zero-order valence-corrected chi connectivity index (χ0v) is 12.4. The van der Waals surface area contributed by atoms with Gasteiger partial charge in [-0.2, -0.15) is 0 Å². The maximum absolute atomic E-state index is 13.4. The van der Waals surface area contributed by atoms with E-state index in [2.05, 4.69) is 10.5 Å². The van der Waals surface area contributed by atoms with E-state index in [0.717, 1.165) is 11.1 Å². The maximum atomic E-state index is 13.4. The lowest BCUT2D eigenvalue weighted by atomic mass is 10.2. The van der Waals surface area contributed by atoms with E-state index in [-0.39, 0.29) is 11.7 Å². The molecule has 1 N–H and O–H groups in total. The minimum atomic E-state index is -0.355. The number of fused-ring (bicyclic) bond motifs is 1. The van der Waals surface area contributed by atoms with Crippen molar-refractivity contribution in [2.24, 2.45) is 0 Å². The minimum absolute atomic E-state index is 0.315. The van der Waals surface area contributed by atoms with Gasteiger partial charge in [-0.15, -0.1) is 0 Å². The van der Waals surface area contributed by atoms with Crippen molar-refractivity contribution in [1.82, 2.24) is 9.72 Å². The molecule has 0 bridgehead atoms. The Hall–Kier alpha value is -3.35. The van der Waals surface area contributed by atoms with Crippen LogP contribution in [0.15, 0.2) is 63.9 Å². The van der Waals surface area contributed by atoms with Crippen LogP contribution in [0.3, 0.4) is 0 Å². The highest BCUT2D eigenvalue weighted by Crippen LogP contribution is 2.23. The molecule has 0 aliphatic heterocycles. The smallest absolute Gasteiger partial charge is 0.273 e. The number of hydrogen-bond acceptors (Lipinski definition) is 4. The lowest BCUT2D eigenvalue weighted by molar-refractivity contribution is 0.101. The molecule has 1 amide bonds.